The van der Waals surface area contributed by atoms with Gasteiger partial charge in [-0.3, -0.25) is 0 Å². The zero-order valence-electron chi connectivity index (χ0n) is 8.08. The Kier molecular flexibility index (Phi) is 2.14. The third-order valence-corrected chi connectivity index (χ3v) is 3.28. The first kappa shape index (κ1) is 8.79. The average molecular weight is 180 g/mol. The van der Waals surface area contributed by atoms with E-state index in [-0.39, 0.29) is 12.1 Å². The van der Waals surface area contributed by atoms with Gasteiger partial charge in [0.1, 0.15) is 6.10 Å². The molecule has 2 fully saturated rings. The fourth-order valence-corrected chi connectivity index (χ4v) is 2.57. The van der Waals surface area contributed by atoms with Crippen LogP contribution >= 0.6 is 0 Å². The smallest absolute Gasteiger partial charge is 0.333 e. The second-order valence-electron chi connectivity index (χ2n) is 4.40. The van der Waals surface area contributed by atoms with E-state index in [2.05, 4.69) is 6.58 Å². The van der Waals surface area contributed by atoms with Gasteiger partial charge in [-0.1, -0.05) is 6.58 Å². The van der Waals surface area contributed by atoms with Crippen LogP contribution in [0.3, 0.4) is 0 Å². The molecule has 2 aliphatic carbocycles. The third-order valence-electron chi connectivity index (χ3n) is 3.28. The molecule has 2 heteroatoms. The number of carbonyl (C=O) groups excluding carboxylic acids is 1. The fourth-order valence-electron chi connectivity index (χ4n) is 2.57. The summed E-state index contributed by atoms with van der Waals surface area (Å²) in [5, 5.41) is 0. The molecule has 0 aliphatic heterocycles. The predicted molar refractivity (Wildman–Crippen MR) is 50.1 cm³/mol. The molecule has 0 radical (unpaired) electrons. The normalized spacial score (nSPS) is 36.2. The molecule has 2 aliphatic rings. The van der Waals surface area contributed by atoms with Crippen molar-refractivity contribution >= 4 is 5.97 Å². The Balaban J connectivity index is 1.90. The second kappa shape index (κ2) is 3.17. The lowest BCUT2D eigenvalue weighted by Gasteiger charge is -2.21. The van der Waals surface area contributed by atoms with Gasteiger partial charge >= 0.3 is 5.97 Å². The molecule has 2 saturated carbocycles. The van der Waals surface area contributed by atoms with Crippen LogP contribution in [0.2, 0.25) is 0 Å². The molecule has 72 valence electrons. The largest absolute Gasteiger partial charge is 0.459 e. The van der Waals surface area contributed by atoms with Crippen molar-refractivity contribution in [3.63, 3.8) is 0 Å². The van der Waals surface area contributed by atoms with E-state index in [0.717, 1.165) is 12.3 Å². The molecule has 3 atom stereocenters. The highest BCUT2D eigenvalue weighted by atomic mass is 16.5. The Morgan fingerprint density at radius 3 is 2.62 bits per heavy atom. The highest BCUT2D eigenvalue weighted by Gasteiger charge is 2.41. The molecule has 2 bridgehead atoms. The summed E-state index contributed by atoms with van der Waals surface area (Å²) in [6.45, 7) is 5.29. The summed E-state index contributed by atoms with van der Waals surface area (Å²) in [4.78, 5) is 11.3. The molecular formula is C11H16O2. The monoisotopic (exact) mass is 180 g/mol. The van der Waals surface area contributed by atoms with Crippen LogP contribution in [0.25, 0.3) is 0 Å². The van der Waals surface area contributed by atoms with Gasteiger partial charge in [-0.25, -0.2) is 4.79 Å². The Labute approximate surface area is 79.0 Å². The van der Waals surface area contributed by atoms with Gasteiger partial charge in [-0.05, 0) is 44.4 Å². The van der Waals surface area contributed by atoms with Crippen molar-refractivity contribution < 1.29 is 9.53 Å². The molecule has 0 aromatic carbocycles. The van der Waals surface area contributed by atoms with Crippen LogP contribution in [-0.2, 0) is 9.53 Å². The first-order valence-corrected chi connectivity index (χ1v) is 5.03. The van der Waals surface area contributed by atoms with Gasteiger partial charge in [0.2, 0.25) is 0 Å². The maximum absolute atomic E-state index is 11.3. The molecule has 2 rings (SSSR count). The summed E-state index contributed by atoms with van der Waals surface area (Å²) in [6, 6.07) is 0. The number of carbonyl (C=O) groups is 1. The van der Waals surface area contributed by atoms with Gasteiger partial charge in [0.25, 0.3) is 0 Å². The first-order valence-electron chi connectivity index (χ1n) is 5.03. The van der Waals surface area contributed by atoms with Crippen molar-refractivity contribution in [1.29, 1.82) is 0 Å². The van der Waals surface area contributed by atoms with E-state index in [4.69, 9.17) is 4.74 Å². The molecule has 0 N–H and O–H groups in total. The maximum atomic E-state index is 11.3. The van der Waals surface area contributed by atoms with E-state index in [1.54, 1.807) is 6.92 Å². The molecule has 0 aromatic heterocycles. The number of ether oxygens (including phenoxy) is 1. The Morgan fingerprint density at radius 1 is 1.38 bits per heavy atom. The van der Waals surface area contributed by atoms with Crippen molar-refractivity contribution in [2.24, 2.45) is 11.8 Å². The average Bonchev–Trinajstić information content (AvgIpc) is 2.64. The van der Waals surface area contributed by atoms with E-state index < -0.39 is 0 Å². The number of esters is 1. The number of fused-ring (bicyclic) bond motifs is 2. The lowest BCUT2D eigenvalue weighted by atomic mass is 9.98. The van der Waals surface area contributed by atoms with Crippen LogP contribution in [0.4, 0.5) is 0 Å². The van der Waals surface area contributed by atoms with Crippen LogP contribution < -0.4 is 0 Å². The van der Waals surface area contributed by atoms with Crippen molar-refractivity contribution in [2.45, 2.75) is 38.7 Å². The zero-order chi connectivity index (χ0) is 9.42. The highest BCUT2D eigenvalue weighted by Crippen LogP contribution is 2.45. The van der Waals surface area contributed by atoms with Crippen LogP contribution in [0.5, 0.6) is 0 Å². The summed E-state index contributed by atoms with van der Waals surface area (Å²) >= 11 is 0. The first-order chi connectivity index (χ1) is 6.16. The van der Waals surface area contributed by atoms with Crippen molar-refractivity contribution in [3.05, 3.63) is 12.2 Å². The molecule has 2 nitrogen and oxygen atoms in total. The van der Waals surface area contributed by atoms with E-state index in [0.29, 0.717) is 11.5 Å². The van der Waals surface area contributed by atoms with Crippen LogP contribution in [-0.4, -0.2) is 12.1 Å². The van der Waals surface area contributed by atoms with Crippen molar-refractivity contribution in [1.82, 2.24) is 0 Å². The van der Waals surface area contributed by atoms with Gasteiger partial charge in [-0.2, -0.15) is 0 Å². The highest BCUT2D eigenvalue weighted by molar-refractivity contribution is 5.87. The standard InChI is InChI=1S/C11H16O2/c1-7(2)11(12)13-10-6-8-3-4-9(10)5-8/h8-10H,1,3-6H2,2H3/t8-,9+,10+/m0/s1. The van der Waals surface area contributed by atoms with Crippen molar-refractivity contribution in [3.8, 4) is 0 Å². The van der Waals surface area contributed by atoms with Gasteiger partial charge in [0, 0.05) is 5.57 Å². The molecule has 0 saturated heterocycles. The van der Waals surface area contributed by atoms with Gasteiger partial charge in [0.15, 0.2) is 0 Å². The number of hydrogen-bond acceptors (Lipinski definition) is 2. The Morgan fingerprint density at radius 2 is 2.15 bits per heavy atom. The Bertz CT molecular complexity index is 244. The quantitative estimate of drug-likeness (QED) is 0.481. The van der Waals surface area contributed by atoms with Crippen LogP contribution in [0.15, 0.2) is 12.2 Å². The summed E-state index contributed by atoms with van der Waals surface area (Å²) in [5.74, 6) is 1.26. The summed E-state index contributed by atoms with van der Waals surface area (Å²) in [7, 11) is 0. The molecule has 0 aromatic rings. The van der Waals surface area contributed by atoms with E-state index in [1.165, 1.54) is 19.3 Å². The molecule has 0 unspecified atom stereocenters. The minimum atomic E-state index is -0.211. The van der Waals surface area contributed by atoms with E-state index in [1.807, 2.05) is 0 Å². The zero-order valence-corrected chi connectivity index (χ0v) is 8.08. The minimum Gasteiger partial charge on any atom is -0.459 e. The lowest BCUT2D eigenvalue weighted by molar-refractivity contribution is -0.146. The van der Waals surface area contributed by atoms with Crippen molar-refractivity contribution in [2.75, 3.05) is 0 Å². The maximum Gasteiger partial charge on any atom is 0.333 e. The van der Waals surface area contributed by atoms with Gasteiger partial charge in [-0.15, -0.1) is 0 Å². The summed E-state index contributed by atoms with van der Waals surface area (Å²) < 4.78 is 5.37. The number of hydrogen-bond donors (Lipinski definition) is 0. The molecule has 0 spiro atoms. The molecular weight excluding hydrogens is 164 g/mol. The summed E-state index contributed by atoms with van der Waals surface area (Å²) in [5.41, 5.74) is 0.516. The van der Waals surface area contributed by atoms with E-state index >= 15 is 0 Å². The molecule has 0 amide bonds. The molecule has 0 heterocycles. The minimum absolute atomic E-state index is 0.197. The predicted octanol–water partition coefficient (Wildman–Crippen LogP) is 2.29. The Hall–Kier alpha value is -0.790. The number of rotatable bonds is 2. The summed E-state index contributed by atoms with van der Waals surface area (Å²) in [6.07, 6.45) is 5.14. The van der Waals surface area contributed by atoms with Crippen LogP contribution in [0, 0.1) is 11.8 Å². The SMILES string of the molecule is C=C(C)C(=O)O[C@@H]1C[C@H]2CC[C@@H]1C2. The fraction of sp³-hybridized carbons (Fsp3) is 0.727. The lowest BCUT2D eigenvalue weighted by Crippen LogP contribution is -2.24. The second-order valence-corrected chi connectivity index (χ2v) is 4.40. The van der Waals surface area contributed by atoms with Gasteiger partial charge in [0.05, 0.1) is 0 Å². The van der Waals surface area contributed by atoms with Gasteiger partial charge < -0.3 is 4.74 Å². The van der Waals surface area contributed by atoms with Crippen LogP contribution in [0.1, 0.15) is 32.6 Å². The third kappa shape index (κ3) is 1.62. The molecule has 13 heavy (non-hydrogen) atoms. The topological polar surface area (TPSA) is 26.3 Å². The van der Waals surface area contributed by atoms with E-state index in [9.17, 15) is 4.79 Å².